The molecule has 0 amide bonds. The van der Waals surface area contributed by atoms with E-state index < -0.39 is 0 Å². The third-order valence-electron chi connectivity index (χ3n) is 4.66. The largest absolute Gasteiger partial charge is 0.481 e. The Hall–Kier alpha value is -3.08. The van der Waals surface area contributed by atoms with E-state index in [0.29, 0.717) is 18.2 Å². The summed E-state index contributed by atoms with van der Waals surface area (Å²) in [5, 5.41) is 0.985. The van der Waals surface area contributed by atoms with Crippen LogP contribution in [0.2, 0.25) is 0 Å². The fraction of sp³-hybridized carbons (Fsp3) is 0.304. The summed E-state index contributed by atoms with van der Waals surface area (Å²) >= 11 is 0. The quantitative estimate of drug-likeness (QED) is 0.559. The first-order valence-corrected chi connectivity index (χ1v) is 9.62. The number of carbonyl (C=O) groups excluding carboxylic acids is 1. The molecule has 0 aliphatic heterocycles. The van der Waals surface area contributed by atoms with E-state index in [1.165, 1.54) is 5.56 Å². The number of hydrogen-bond acceptors (Lipinski definition) is 4. The Morgan fingerprint density at radius 3 is 2.75 bits per heavy atom. The van der Waals surface area contributed by atoms with Crippen LogP contribution in [0.1, 0.15) is 48.8 Å². The van der Waals surface area contributed by atoms with Gasteiger partial charge in [0.1, 0.15) is 5.69 Å². The monoisotopic (exact) mass is 378 g/mol. The van der Waals surface area contributed by atoms with Gasteiger partial charge >= 0.3 is 5.97 Å². The number of aromatic nitrogens is 2. The highest BCUT2D eigenvalue weighted by atomic mass is 16.5. The molecular formula is C23H26N2O3. The lowest BCUT2D eigenvalue weighted by Gasteiger charge is -2.12. The molecule has 0 atom stereocenters. The van der Waals surface area contributed by atoms with Crippen molar-refractivity contribution in [3.05, 3.63) is 53.4 Å². The average Bonchev–Trinajstić information content (AvgIpc) is 3.10. The summed E-state index contributed by atoms with van der Waals surface area (Å²) in [4.78, 5) is 20.4. The number of nitrogens with one attached hydrogen (secondary N) is 1. The molecule has 2 heterocycles. The Labute approximate surface area is 165 Å². The van der Waals surface area contributed by atoms with E-state index in [9.17, 15) is 4.79 Å². The van der Waals surface area contributed by atoms with Gasteiger partial charge in [0.15, 0.2) is 0 Å². The van der Waals surface area contributed by atoms with Crippen molar-refractivity contribution in [3.63, 3.8) is 0 Å². The second-order valence-electron chi connectivity index (χ2n) is 6.47. The molecule has 2 aromatic heterocycles. The number of benzene rings is 1. The first-order chi connectivity index (χ1) is 13.7. The smallest absolute Gasteiger partial charge is 0.355 e. The maximum absolute atomic E-state index is 12.8. The molecule has 0 aliphatic rings. The minimum absolute atomic E-state index is 0.306. The zero-order chi connectivity index (χ0) is 20.1. The van der Waals surface area contributed by atoms with Crippen molar-refractivity contribution in [2.75, 3.05) is 13.7 Å². The third kappa shape index (κ3) is 3.52. The third-order valence-corrected chi connectivity index (χ3v) is 4.66. The minimum atomic E-state index is -0.386. The summed E-state index contributed by atoms with van der Waals surface area (Å²) in [6, 6.07) is 7.92. The van der Waals surface area contributed by atoms with E-state index in [1.54, 1.807) is 20.2 Å². The number of hydrogen-bond donors (Lipinski definition) is 1. The lowest BCUT2D eigenvalue weighted by molar-refractivity contribution is 0.0521. The molecule has 0 spiro atoms. The standard InChI is InChI=1S/C23H26N2O3/c1-5-9-15-12-13-18-19(16(15)10-6-2)20(21(25-18)23(26)28-7-3)17-11-8-14-24-22(17)27-4/h6,8,10-14,25H,5,7,9H2,1-4H3/b10-6-. The molecule has 1 N–H and O–H groups in total. The van der Waals surface area contributed by atoms with Crippen molar-refractivity contribution >= 4 is 22.9 Å². The van der Waals surface area contributed by atoms with Crippen LogP contribution in [0, 0.1) is 0 Å². The van der Waals surface area contributed by atoms with Crippen molar-refractivity contribution in [3.8, 4) is 17.0 Å². The number of aryl methyl sites for hydroxylation is 1. The van der Waals surface area contributed by atoms with Crippen molar-refractivity contribution < 1.29 is 14.3 Å². The van der Waals surface area contributed by atoms with Gasteiger partial charge < -0.3 is 14.5 Å². The van der Waals surface area contributed by atoms with Gasteiger partial charge in [-0.05, 0) is 49.6 Å². The number of allylic oxidation sites excluding steroid dienone is 1. The van der Waals surface area contributed by atoms with Crippen LogP contribution in [0.3, 0.4) is 0 Å². The number of H-pyrrole nitrogens is 1. The topological polar surface area (TPSA) is 64.2 Å². The van der Waals surface area contributed by atoms with Crippen molar-refractivity contribution in [2.24, 2.45) is 0 Å². The number of esters is 1. The van der Waals surface area contributed by atoms with Crippen molar-refractivity contribution in [1.29, 1.82) is 0 Å². The predicted molar refractivity (Wildman–Crippen MR) is 113 cm³/mol. The van der Waals surface area contributed by atoms with Crippen LogP contribution in [0.25, 0.3) is 28.1 Å². The van der Waals surface area contributed by atoms with Gasteiger partial charge in [-0.2, -0.15) is 0 Å². The van der Waals surface area contributed by atoms with E-state index in [1.807, 2.05) is 31.2 Å². The highest BCUT2D eigenvalue weighted by molar-refractivity contribution is 6.11. The number of nitrogens with zero attached hydrogens (tertiary/aromatic N) is 1. The van der Waals surface area contributed by atoms with Crippen LogP contribution < -0.4 is 4.74 Å². The van der Waals surface area contributed by atoms with Gasteiger partial charge in [-0.1, -0.05) is 31.6 Å². The fourth-order valence-corrected chi connectivity index (χ4v) is 3.57. The summed E-state index contributed by atoms with van der Waals surface area (Å²) in [6.07, 6.45) is 7.80. The summed E-state index contributed by atoms with van der Waals surface area (Å²) < 4.78 is 10.8. The highest BCUT2D eigenvalue weighted by Gasteiger charge is 2.25. The van der Waals surface area contributed by atoms with Gasteiger partial charge in [0, 0.05) is 28.2 Å². The van der Waals surface area contributed by atoms with Gasteiger partial charge in [0.25, 0.3) is 0 Å². The van der Waals surface area contributed by atoms with E-state index in [4.69, 9.17) is 9.47 Å². The molecule has 1 aromatic carbocycles. The Kier molecular flexibility index (Phi) is 6.14. The molecule has 0 fully saturated rings. The van der Waals surface area contributed by atoms with Gasteiger partial charge in [-0.15, -0.1) is 0 Å². The number of pyridine rings is 1. The Morgan fingerprint density at radius 2 is 2.07 bits per heavy atom. The number of aromatic amines is 1. The Bertz CT molecular complexity index is 1020. The Balaban J connectivity index is 2.44. The zero-order valence-corrected chi connectivity index (χ0v) is 16.8. The van der Waals surface area contributed by atoms with Crippen LogP contribution in [-0.2, 0) is 11.2 Å². The van der Waals surface area contributed by atoms with E-state index in [2.05, 4.69) is 29.0 Å². The minimum Gasteiger partial charge on any atom is -0.481 e. The first kappa shape index (κ1) is 19.7. The molecule has 0 saturated heterocycles. The summed E-state index contributed by atoms with van der Waals surface area (Å²) in [6.45, 7) is 6.27. The van der Waals surface area contributed by atoms with Crippen LogP contribution in [0.5, 0.6) is 5.88 Å². The summed E-state index contributed by atoms with van der Waals surface area (Å²) in [7, 11) is 1.58. The first-order valence-electron chi connectivity index (χ1n) is 9.62. The second-order valence-corrected chi connectivity index (χ2v) is 6.47. The van der Waals surface area contributed by atoms with Crippen LogP contribution in [0.15, 0.2) is 36.5 Å². The number of ether oxygens (including phenoxy) is 2. The maximum Gasteiger partial charge on any atom is 0.355 e. The SMILES string of the molecule is C/C=C\c1c(CCC)ccc2[nH]c(C(=O)OCC)c(-c3cccnc3OC)c12. The molecule has 5 nitrogen and oxygen atoms in total. The molecule has 0 unspecified atom stereocenters. The van der Waals surface area contributed by atoms with E-state index >= 15 is 0 Å². The van der Waals surface area contributed by atoms with E-state index in [-0.39, 0.29) is 5.97 Å². The molecule has 0 aliphatic carbocycles. The predicted octanol–water partition coefficient (Wildman–Crippen LogP) is 5.40. The lowest BCUT2D eigenvalue weighted by Crippen LogP contribution is -2.07. The average molecular weight is 378 g/mol. The fourth-order valence-electron chi connectivity index (χ4n) is 3.57. The van der Waals surface area contributed by atoms with Gasteiger partial charge in [0.05, 0.1) is 13.7 Å². The summed E-state index contributed by atoms with van der Waals surface area (Å²) in [5.41, 5.74) is 5.18. The molecule has 0 radical (unpaired) electrons. The van der Waals surface area contributed by atoms with Crippen LogP contribution in [0.4, 0.5) is 0 Å². The molecule has 3 rings (SSSR count). The molecule has 0 saturated carbocycles. The number of carbonyl (C=O) groups is 1. The highest BCUT2D eigenvalue weighted by Crippen LogP contribution is 2.40. The van der Waals surface area contributed by atoms with Crippen LogP contribution >= 0.6 is 0 Å². The van der Waals surface area contributed by atoms with E-state index in [0.717, 1.165) is 40.4 Å². The van der Waals surface area contributed by atoms with Crippen molar-refractivity contribution in [1.82, 2.24) is 9.97 Å². The van der Waals surface area contributed by atoms with Gasteiger partial charge in [-0.3, -0.25) is 0 Å². The molecule has 3 aromatic rings. The van der Waals surface area contributed by atoms with Gasteiger partial charge in [0.2, 0.25) is 5.88 Å². The molecule has 28 heavy (non-hydrogen) atoms. The van der Waals surface area contributed by atoms with Crippen LogP contribution in [-0.4, -0.2) is 29.7 Å². The molecular weight excluding hydrogens is 352 g/mol. The van der Waals surface area contributed by atoms with Crippen molar-refractivity contribution in [2.45, 2.75) is 33.6 Å². The normalized spacial score (nSPS) is 11.3. The number of methoxy groups -OCH3 is 1. The van der Waals surface area contributed by atoms with Gasteiger partial charge in [-0.25, -0.2) is 9.78 Å². The molecule has 146 valence electrons. The maximum atomic E-state index is 12.8. The second kappa shape index (κ2) is 8.74. The zero-order valence-electron chi connectivity index (χ0n) is 16.8. The lowest BCUT2D eigenvalue weighted by atomic mass is 9.93. The summed E-state index contributed by atoms with van der Waals surface area (Å²) in [5.74, 6) is 0.0874. The molecule has 0 bridgehead atoms. The molecule has 5 heteroatoms. The number of rotatable bonds is 7. The Morgan fingerprint density at radius 1 is 1.25 bits per heavy atom. The number of fused-ring (bicyclic) bond motifs is 1.